The Bertz CT molecular complexity index is 433. The monoisotopic (exact) mass is 310 g/mol. The Kier molecular flexibility index (Phi) is 8.40. The topological polar surface area (TPSA) is 23.6 Å². The summed E-state index contributed by atoms with van der Waals surface area (Å²) in [4.78, 5) is 16.8. The van der Waals surface area contributed by atoms with E-state index in [4.69, 9.17) is 11.6 Å². The van der Waals surface area contributed by atoms with Crippen LogP contribution in [0.2, 0.25) is 0 Å². The molecule has 0 heterocycles. The van der Waals surface area contributed by atoms with E-state index in [0.29, 0.717) is 5.88 Å². The summed E-state index contributed by atoms with van der Waals surface area (Å²) >= 11 is 5.84. The lowest BCUT2D eigenvalue weighted by Gasteiger charge is -2.24. The molecule has 0 fully saturated rings. The van der Waals surface area contributed by atoms with Crippen molar-refractivity contribution in [3.05, 3.63) is 35.4 Å². The summed E-state index contributed by atoms with van der Waals surface area (Å²) in [7, 11) is 0. The second-order valence-corrected chi connectivity index (χ2v) is 5.37. The van der Waals surface area contributed by atoms with E-state index in [2.05, 4.69) is 18.7 Å². The van der Waals surface area contributed by atoms with Gasteiger partial charge in [-0.3, -0.25) is 4.79 Å². The van der Waals surface area contributed by atoms with E-state index in [1.807, 2.05) is 36.1 Å². The van der Waals surface area contributed by atoms with Gasteiger partial charge in [-0.15, -0.1) is 11.6 Å². The molecule has 1 rings (SSSR count). The largest absolute Gasteiger partial charge is 0.339 e. The van der Waals surface area contributed by atoms with Gasteiger partial charge in [0.25, 0.3) is 5.91 Å². The van der Waals surface area contributed by atoms with Gasteiger partial charge in [0.05, 0.1) is 0 Å². The zero-order valence-corrected chi connectivity index (χ0v) is 14.2. The Morgan fingerprint density at radius 2 is 1.81 bits per heavy atom. The van der Waals surface area contributed by atoms with Crippen molar-refractivity contribution in [2.45, 2.75) is 33.1 Å². The van der Waals surface area contributed by atoms with E-state index < -0.39 is 0 Å². The molecule has 1 aromatic carbocycles. The third kappa shape index (κ3) is 5.68. The summed E-state index contributed by atoms with van der Waals surface area (Å²) in [6.07, 6.45) is 1.01. The molecule has 0 N–H and O–H groups in total. The molecule has 0 aliphatic rings. The van der Waals surface area contributed by atoms with Crippen LogP contribution in [0.5, 0.6) is 0 Å². The lowest BCUT2D eigenvalue weighted by molar-refractivity contribution is 0.0757. The molecule has 118 valence electrons. The fourth-order valence-corrected chi connectivity index (χ4v) is 2.56. The van der Waals surface area contributed by atoms with Crippen molar-refractivity contribution in [3.8, 4) is 0 Å². The predicted molar refractivity (Wildman–Crippen MR) is 90.0 cm³/mol. The second kappa shape index (κ2) is 9.80. The highest BCUT2D eigenvalue weighted by molar-refractivity contribution is 6.17. The second-order valence-electron chi connectivity index (χ2n) is 5.10. The van der Waals surface area contributed by atoms with Crippen molar-refractivity contribution in [2.24, 2.45) is 0 Å². The number of halogens is 1. The van der Waals surface area contributed by atoms with Gasteiger partial charge in [-0.05, 0) is 50.7 Å². The molecule has 0 aliphatic heterocycles. The lowest BCUT2D eigenvalue weighted by Crippen LogP contribution is -2.34. The number of alkyl halides is 1. The van der Waals surface area contributed by atoms with Gasteiger partial charge in [-0.25, -0.2) is 0 Å². The predicted octanol–water partition coefficient (Wildman–Crippen LogP) is 3.62. The molecule has 4 heteroatoms. The van der Waals surface area contributed by atoms with E-state index in [0.717, 1.165) is 50.3 Å². The van der Waals surface area contributed by atoms with Crippen molar-refractivity contribution < 1.29 is 4.79 Å². The lowest BCUT2D eigenvalue weighted by atomic mass is 10.1. The highest BCUT2D eigenvalue weighted by atomic mass is 35.5. The average Bonchev–Trinajstić information content (AvgIpc) is 2.54. The van der Waals surface area contributed by atoms with Gasteiger partial charge in [0.15, 0.2) is 0 Å². The number of nitrogens with zero attached hydrogens (tertiary/aromatic N) is 2. The minimum atomic E-state index is 0.101. The molecular formula is C17H27ClN2O. The van der Waals surface area contributed by atoms with Crippen molar-refractivity contribution in [2.75, 3.05) is 32.7 Å². The smallest absolute Gasteiger partial charge is 0.253 e. The van der Waals surface area contributed by atoms with Crippen LogP contribution in [0.15, 0.2) is 24.3 Å². The van der Waals surface area contributed by atoms with Crippen LogP contribution in [0.25, 0.3) is 0 Å². The molecule has 1 aromatic rings. The van der Waals surface area contributed by atoms with Gasteiger partial charge in [-0.1, -0.05) is 26.0 Å². The molecule has 0 aliphatic carbocycles. The minimum Gasteiger partial charge on any atom is -0.339 e. The Morgan fingerprint density at radius 3 is 2.38 bits per heavy atom. The van der Waals surface area contributed by atoms with Gasteiger partial charge in [0.1, 0.15) is 0 Å². The molecular weight excluding hydrogens is 284 g/mol. The molecule has 0 unspecified atom stereocenters. The number of benzene rings is 1. The molecule has 0 aromatic heterocycles. The fraction of sp³-hybridized carbons (Fsp3) is 0.588. The van der Waals surface area contributed by atoms with Crippen molar-refractivity contribution in [1.29, 1.82) is 0 Å². The third-order valence-electron chi connectivity index (χ3n) is 3.79. The maximum atomic E-state index is 12.5. The summed E-state index contributed by atoms with van der Waals surface area (Å²) in [6, 6.07) is 7.60. The van der Waals surface area contributed by atoms with Crippen LogP contribution < -0.4 is 0 Å². The maximum absolute atomic E-state index is 12.5. The first-order valence-electron chi connectivity index (χ1n) is 7.82. The molecule has 0 atom stereocenters. The summed E-state index contributed by atoms with van der Waals surface area (Å²) in [5, 5.41) is 0. The Balaban J connectivity index is 2.60. The quantitative estimate of drug-likeness (QED) is 0.650. The molecule has 0 saturated heterocycles. The van der Waals surface area contributed by atoms with E-state index in [9.17, 15) is 4.79 Å². The zero-order valence-electron chi connectivity index (χ0n) is 13.4. The van der Waals surface area contributed by atoms with Crippen molar-refractivity contribution >= 4 is 17.5 Å². The summed E-state index contributed by atoms with van der Waals surface area (Å²) in [5.41, 5.74) is 1.72. The normalized spacial score (nSPS) is 10.9. The van der Waals surface area contributed by atoms with Crippen LogP contribution in [-0.4, -0.2) is 48.4 Å². The molecule has 0 bridgehead atoms. The first-order chi connectivity index (χ1) is 10.2. The number of hydrogen-bond acceptors (Lipinski definition) is 2. The number of amides is 1. The number of hydrogen-bond donors (Lipinski definition) is 0. The SMILES string of the molecule is CCN(CC)CCCN(CC)C(=O)c1cccc(CCl)c1. The molecule has 21 heavy (non-hydrogen) atoms. The van der Waals surface area contributed by atoms with Crippen LogP contribution in [0.4, 0.5) is 0 Å². The zero-order chi connectivity index (χ0) is 15.7. The molecule has 1 amide bonds. The van der Waals surface area contributed by atoms with E-state index in [-0.39, 0.29) is 5.91 Å². The van der Waals surface area contributed by atoms with Crippen LogP contribution in [0.3, 0.4) is 0 Å². The Hall–Kier alpha value is -1.06. The number of carbonyl (C=O) groups is 1. The molecule has 0 radical (unpaired) electrons. The first kappa shape index (κ1) is 18.0. The first-order valence-corrected chi connectivity index (χ1v) is 8.36. The Labute approximate surface area is 133 Å². The van der Waals surface area contributed by atoms with Crippen LogP contribution >= 0.6 is 11.6 Å². The van der Waals surface area contributed by atoms with E-state index in [1.165, 1.54) is 0 Å². The van der Waals surface area contributed by atoms with Gasteiger partial charge in [0, 0.05) is 24.5 Å². The number of carbonyl (C=O) groups excluding carboxylic acids is 1. The van der Waals surface area contributed by atoms with Crippen LogP contribution in [0.1, 0.15) is 43.1 Å². The number of rotatable bonds is 9. The highest BCUT2D eigenvalue weighted by Gasteiger charge is 2.14. The Morgan fingerprint density at radius 1 is 1.10 bits per heavy atom. The summed E-state index contributed by atoms with van der Waals surface area (Å²) in [6.45, 7) is 11.1. The molecule has 3 nitrogen and oxygen atoms in total. The minimum absolute atomic E-state index is 0.101. The highest BCUT2D eigenvalue weighted by Crippen LogP contribution is 2.11. The summed E-state index contributed by atoms with van der Waals surface area (Å²) in [5.74, 6) is 0.541. The molecule has 0 saturated carbocycles. The standard InChI is InChI=1S/C17H27ClN2O/c1-4-19(5-2)11-8-12-20(6-3)17(21)16-10-7-9-15(13-16)14-18/h7,9-10,13H,4-6,8,11-12,14H2,1-3H3. The summed E-state index contributed by atoms with van der Waals surface area (Å²) < 4.78 is 0. The van der Waals surface area contributed by atoms with Gasteiger partial charge in [0.2, 0.25) is 0 Å². The maximum Gasteiger partial charge on any atom is 0.253 e. The van der Waals surface area contributed by atoms with Crippen molar-refractivity contribution in [3.63, 3.8) is 0 Å². The fourth-order valence-electron chi connectivity index (χ4n) is 2.40. The van der Waals surface area contributed by atoms with E-state index in [1.54, 1.807) is 0 Å². The van der Waals surface area contributed by atoms with Gasteiger partial charge < -0.3 is 9.80 Å². The van der Waals surface area contributed by atoms with Gasteiger partial charge in [-0.2, -0.15) is 0 Å². The third-order valence-corrected chi connectivity index (χ3v) is 4.10. The van der Waals surface area contributed by atoms with Crippen LogP contribution in [0, 0.1) is 0 Å². The molecule has 0 spiro atoms. The average molecular weight is 311 g/mol. The van der Waals surface area contributed by atoms with E-state index >= 15 is 0 Å². The van der Waals surface area contributed by atoms with Crippen molar-refractivity contribution in [1.82, 2.24) is 9.80 Å². The van der Waals surface area contributed by atoms with Gasteiger partial charge >= 0.3 is 0 Å². The van der Waals surface area contributed by atoms with Crippen LogP contribution in [-0.2, 0) is 5.88 Å².